The molecule has 0 spiro atoms. The number of carbonyl (C=O) groups is 2. The van der Waals surface area contributed by atoms with Crippen molar-refractivity contribution >= 4 is 17.4 Å². The number of quaternary nitrogens is 1. The smallest absolute Gasteiger partial charge is 0.295 e. The molecule has 1 heterocycles. The third-order valence-corrected chi connectivity index (χ3v) is 5.07. The molecule has 1 atom stereocenters. The molecule has 1 fully saturated rings. The Morgan fingerprint density at radius 1 is 1.16 bits per heavy atom. The van der Waals surface area contributed by atoms with Crippen molar-refractivity contribution < 1.29 is 28.7 Å². The molecular formula is C24H26FN2O4+. The first-order valence-electron chi connectivity index (χ1n) is 10.0. The van der Waals surface area contributed by atoms with E-state index in [1.165, 1.54) is 29.2 Å². The first kappa shape index (κ1) is 22.2. The van der Waals surface area contributed by atoms with Crippen LogP contribution in [0.15, 0.2) is 66.8 Å². The predicted molar refractivity (Wildman–Crippen MR) is 115 cm³/mol. The van der Waals surface area contributed by atoms with Gasteiger partial charge < -0.3 is 19.6 Å². The van der Waals surface area contributed by atoms with Gasteiger partial charge in [0.05, 0.1) is 38.8 Å². The fraction of sp³-hybridized carbons (Fsp3) is 0.250. The van der Waals surface area contributed by atoms with E-state index in [1.54, 1.807) is 30.3 Å². The molecule has 162 valence electrons. The number of likely N-dealkylation sites (N-methyl/N-ethyl adjacent to an activating group) is 1. The lowest BCUT2D eigenvalue weighted by Crippen LogP contribution is -3.06. The summed E-state index contributed by atoms with van der Waals surface area (Å²) in [5.41, 5.74) is 0.932. The Morgan fingerprint density at radius 2 is 1.81 bits per heavy atom. The van der Waals surface area contributed by atoms with Crippen molar-refractivity contribution in [2.75, 3.05) is 33.8 Å². The molecule has 1 aliphatic heterocycles. The highest BCUT2D eigenvalue weighted by Gasteiger charge is 2.46. The van der Waals surface area contributed by atoms with E-state index in [2.05, 4.69) is 6.58 Å². The van der Waals surface area contributed by atoms with Gasteiger partial charge in [0.2, 0.25) is 0 Å². The number of likely N-dealkylation sites (tertiary alicyclic amines) is 1. The second-order valence-electron chi connectivity index (χ2n) is 7.63. The van der Waals surface area contributed by atoms with Gasteiger partial charge in [0.15, 0.2) is 0 Å². The van der Waals surface area contributed by atoms with Crippen molar-refractivity contribution in [1.29, 1.82) is 0 Å². The highest BCUT2D eigenvalue weighted by atomic mass is 19.1. The Morgan fingerprint density at radius 3 is 2.39 bits per heavy atom. The summed E-state index contributed by atoms with van der Waals surface area (Å²) in [6, 6.07) is 11.4. The van der Waals surface area contributed by atoms with Gasteiger partial charge >= 0.3 is 0 Å². The van der Waals surface area contributed by atoms with Gasteiger partial charge in [0.1, 0.15) is 23.9 Å². The number of nitrogens with one attached hydrogen (secondary N) is 1. The summed E-state index contributed by atoms with van der Waals surface area (Å²) in [6.45, 7) is 4.87. The third kappa shape index (κ3) is 4.83. The highest BCUT2D eigenvalue weighted by Crippen LogP contribution is 2.39. The van der Waals surface area contributed by atoms with E-state index in [4.69, 9.17) is 4.74 Å². The molecular weight excluding hydrogens is 399 g/mol. The minimum absolute atomic E-state index is 0.00914. The van der Waals surface area contributed by atoms with E-state index in [0.29, 0.717) is 36.6 Å². The van der Waals surface area contributed by atoms with E-state index >= 15 is 0 Å². The van der Waals surface area contributed by atoms with Crippen molar-refractivity contribution in [3.8, 4) is 5.75 Å². The van der Waals surface area contributed by atoms with Crippen molar-refractivity contribution in [3.63, 3.8) is 0 Å². The number of halogens is 1. The molecule has 0 aliphatic carbocycles. The normalized spacial score (nSPS) is 17.9. The number of hydrogen-bond donors (Lipinski definition) is 2. The first-order valence-corrected chi connectivity index (χ1v) is 10.0. The highest BCUT2D eigenvalue weighted by molar-refractivity contribution is 6.46. The lowest BCUT2D eigenvalue weighted by molar-refractivity contribution is -0.857. The Hall–Kier alpha value is -3.45. The molecule has 31 heavy (non-hydrogen) atoms. The van der Waals surface area contributed by atoms with Crippen molar-refractivity contribution in [2.24, 2.45) is 0 Å². The quantitative estimate of drug-likeness (QED) is 0.294. The molecule has 7 heteroatoms. The van der Waals surface area contributed by atoms with E-state index in [-0.39, 0.29) is 11.3 Å². The Bertz CT molecular complexity index is 997. The van der Waals surface area contributed by atoms with Crippen LogP contribution < -0.4 is 9.64 Å². The zero-order valence-electron chi connectivity index (χ0n) is 17.6. The fourth-order valence-electron chi connectivity index (χ4n) is 3.47. The molecule has 6 nitrogen and oxygen atoms in total. The van der Waals surface area contributed by atoms with E-state index in [1.807, 2.05) is 14.1 Å². The summed E-state index contributed by atoms with van der Waals surface area (Å²) in [5, 5.41) is 11.0. The average molecular weight is 425 g/mol. The van der Waals surface area contributed by atoms with Crippen LogP contribution in [0.2, 0.25) is 0 Å². The van der Waals surface area contributed by atoms with Crippen LogP contribution in [0.25, 0.3) is 5.76 Å². The summed E-state index contributed by atoms with van der Waals surface area (Å²) >= 11 is 0. The van der Waals surface area contributed by atoms with Gasteiger partial charge in [-0.15, -0.1) is 0 Å². The zero-order valence-corrected chi connectivity index (χ0v) is 17.6. The summed E-state index contributed by atoms with van der Waals surface area (Å²) in [5.74, 6) is -1.55. The Kier molecular flexibility index (Phi) is 6.87. The van der Waals surface area contributed by atoms with Crippen LogP contribution in [0, 0.1) is 5.82 Å². The maximum atomic E-state index is 13.5. The van der Waals surface area contributed by atoms with Crippen molar-refractivity contribution in [1.82, 2.24) is 4.90 Å². The summed E-state index contributed by atoms with van der Waals surface area (Å²) < 4.78 is 18.9. The lowest BCUT2D eigenvalue weighted by Gasteiger charge is -2.25. The molecule has 2 aromatic carbocycles. The molecule has 2 aromatic rings. The van der Waals surface area contributed by atoms with Gasteiger partial charge in [0.25, 0.3) is 11.7 Å². The van der Waals surface area contributed by atoms with Crippen LogP contribution in [0.1, 0.15) is 17.2 Å². The monoisotopic (exact) mass is 425 g/mol. The van der Waals surface area contributed by atoms with Crippen LogP contribution in [-0.4, -0.2) is 55.5 Å². The van der Waals surface area contributed by atoms with Gasteiger partial charge in [-0.05, 0) is 42.0 Å². The van der Waals surface area contributed by atoms with Crippen LogP contribution in [0.5, 0.6) is 5.75 Å². The summed E-state index contributed by atoms with van der Waals surface area (Å²) in [4.78, 5) is 28.3. The average Bonchev–Trinajstić information content (AvgIpc) is 3.01. The van der Waals surface area contributed by atoms with Crippen molar-refractivity contribution in [3.05, 3.63) is 83.7 Å². The third-order valence-electron chi connectivity index (χ3n) is 5.07. The molecule has 0 bridgehead atoms. The summed E-state index contributed by atoms with van der Waals surface area (Å²) in [7, 11) is 3.89. The van der Waals surface area contributed by atoms with E-state index in [0.717, 1.165) is 4.90 Å². The molecule has 2 N–H and O–H groups in total. The van der Waals surface area contributed by atoms with Gasteiger partial charge in [-0.2, -0.15) is 0 Å². The lowest BCUT2D eigenvalue weighted by atomic mass is 9.95. The Labute approximate surface area is 180 Å². The fourth-order valence-corrected chi connectivity index (χ4v) is 3.47. The topological polar surface area (TPSA) is 71.3 Å². The van der Waals surface area contributed by atoms with Gasteiger partial charge in [-0.3, -0.25) is 9.59 Å². The van der Waals surface area contributed by atoms with Gasteiger partial charge in [-0.1, -0.05) is 24.8 Å². The van der Waals surface area contributed by atoms with Gasteiger partial charge in [-0.25, -0.2) is 4.39 Å². The predicted octanol–water partition coefficient (Wildman–Crippen LogP) is 1.96. The largest absolute Gasteiger partial charge is 0.507 e. The number of Topliss-reactive ketones (excluding diaryl/α,β-unsaturated/α-hetero) is 1. The molecule has 0 aromatic heterocycles. The van der Waals surface area contributed by atoms with Crippen LogP contribution in [-0.2, 0) is 9.59 Å². The molecule has 0 unspecified atom stereocenters. The number of aliphatic hydroxyl groups excluding tert-OH is 1. The van der Waals surface area contributed by atoms with Crippen LogP contribution in [0.3, 0.4) is 0 Å². The van der Waals surface area contributed by atoms with Gasteiger partial charge in [0, 0.05) is 5.56 Å². The number of nitrogens with zero attached hydrogens (tertiary/aromatic N) is 1. The van der Waals surface area contributed by atoms with Crippen LogP contribution >= 0.6 is 0 Å². The minimum Gasteiger partial charge on any atom is -0.507 e. The number of benzene rings is 2. The molecule has 0 radical (unpaired) electrons. The number of ether oxygens (including phenoxy) is 1. The number of ketones is 1. The number of aliphatic hydroxyl groups is 1. The minimum atomic E-state index is -0.795. The van der Waals surface area contributed by atoms with Crippen molar-refractivity contribution in [2.45, 2.75) is 6.04 Å². The maximum absolute atomic E-state index is 13.5. The van der Waals surface area contributed by atoms with Crippen LogP contribution in [0.4, 0.5) is 4.39 Å². The molecule has 0 saturated carbocycles. The standard InChI is InChI=1S/C24H25FN2O4/c1-4-15-31-19-11-7-17(8-12-19)22(28)20-21(16-5-9-18(25)10-6-16)27(14-13-26(2)3)24(30)23(20)29/h4-12,21,28H,1,13-15H2,2-3H3/p+1/t21-/m1/s1. The number of amides is 1. The maximum Gasteiger partial charge on any atom is 0.295 e. The number of rotatable bonds is 8. The second kappa shape index (κ2) is 9.57. The zero-order chi connectivity index (χ0) is 22.5. The molecule has 3 rings (SSSR count). The first-order chi connectivity index (χ1) is 14.8. The van der Waals surface area contributed by atoms with E-state index < -0.39 is 23.5 Å². The summed E-state index contributed by atoms with van der Waals surface area (Å²) in [6.07, 6.45) is 1.62. The number of carbonyl (C=O) groups excluding carboxylic acids is 2. The Balaban J connectivity index is 2.05. The molecule has 1 amide bonds. The molecule has 1 saturated heterocycles. The molecule has 1 aliphatic rings. The SMILES string of the molecule is C=CCOc1ccc(C(O)=C2C(=O)C(=O)N(CC[NH+](C)C)[C@@H]2c2ccc(F)cc2)cc1. The second-order valence-corrected chi connectivity index (χ2v) is 7.63. The number of hydrogen-bond acceptors (Lipinski definition) is 4. The van der Waals surface area contributed by atoms with E-state index in [9.17, 15) is 19.1 Å².